The number of rotatable bonds is 3. The van der Waals surface area contributed by atoms with Gasteiger partial charge in [-0.15, -0.1) is 0 Å². The van der Waals surface area contributed by atoms with Crippen molar-refractivity contribution in [3.63, 3.8) is 0 Å². The van der Waals surface area contributed by atoms with Gasteiger partial charge in [0.1, 0.15) is 5.82 Å². The second-order valence-electron chi connectivity index (χ2n) is 7.52. The molecule has 0 radical (unpaired) electrons. The molecule has 1 saturated carbocycles. The first-order valence-electron chi connectivity index (χ1n) is 9.81. The molecule has 0 saturated heterocycles. The fourth-order valence-electron chi connectivity index (χ4n) is 4.36. The zero-order valence-electron chi connectivity index (χ0n) is 15.5. The predicted octanol–water partition coefficient (Wildman–Crippen LogP) is 5.45. The minimum absolute atomic E-state index is 0.273. The molecule has 1 N–H and O–H groups in total. The summed E-state index contributed by atoms with van der Waals surface area (Å²) < 4.78 is 2.33. The van der Waals surface area contributed by atoms with Crippen molar-refractivity contribution in [2.45, 2.75) is 38.1 Å². The standard InChI is InChI=1S/C23H21N3O2/c27-23(28)17-9-11-21-20(14-17)25-22(26(21)18-6-2-1-3-7-18)16-8-10-19-15(13-16)5-4-12-24-19/h4-5,8-14,18H,1-3,6-7H2,(H,27,28). The maximum absolute atomic E-state index is 11.4. The largest absolute Gasteiger partial charge is 0.478 e. The molecule has 2 heterocycles. The van der Waals surface area contributed by atoms with Crippen LogP contribution in [0, 0.1) is 0 Å². The Kier molecular flexibility index (Phi) is 4.08. The Morgan fingerprint density at radius 1 is 1.00 bits per heavy atom. The molecule has 5 rings (SSSR count). The van der Waals surface area contributed by atoms with E-state index in [2.05, 4.69) is 27.8 Å². The summed E-state index contributed by atoms with van der Waals surface area (Å²) in [5.74, 6) is -0.0114. The average Bonchev–Trinajstić information content (AvgIpc) is 3.12. The number of fused-ring (bicyclic) bond motifs is 2. The fourth-order valence-corrected chi connectivity index (χ4v) is 4.36. The van der Waals surface area contributed by atoms with E-state index in [9.17, 15) is 9.90 Å². The monoisotopic (exact) mass is 371 g/mol. The van der Waals surface area contributed by atoms with E-state index in [-0.39, 0.29) is 5.56 Å². The number of hydrogen-bond acceptors (Lipinski definition) is 3. The van der Waals surface area contributed by atoms with Gasteiger partial charge in [-0.25, -0.2) is 9.78 Å². The molecule has 2 aromatic heterocycles. The Balaban J connectivity index is 1.73. The summed E-state index contributed by atoms with van der Waals surface area (Å²) in [6, 6.07) is 15.9. The molecular weight excluding hydrogens is 350 g/mol. The Labute approximate surface area is 162 Å². The Morgan fingerprint density at radius 3 is 2.68 bits per heavy atom. The third-order valence-corrected chi connectivity index (χ3v) is 5.74. The second kappa shape index (κ2) is 6.75. The summed E-state index contributed by atoms with van der Waals surface area (Å²) in [6.45, 7) is 0. The maximum Gasteiger partial charge on any atom is 0.335 e. The van der Waals surface area contributed by atoms with Crippen molar-refractivity contribution >= 4 is 27.9 Å². The van der Waals surface area contributed by atoms with Crippen LogP contribution in [0.3, 0.4) is 0 Å². The highest BCUT2D eigenvalue weighted by molar-refractivity contribution is 5.93. The van der Waals surface area contributed by atoms with E-state index in [0.29, 0.717) is 6.04 Å². The third kappa shape index (κ3) is 2.83. The van der Waals surface area contributed by atoms with Crippen molar-refractivity contribution < 1.29 is 9.90 Å². The SMILES string of the molecule is O=C(O)c1ccc2c(c1)nc(-c1ccc3ncccc3c1)n2C1CCCCC1. The smallest absolute Gasteiger partial charge is 0.335 e. The van der Waals surface area contributed by atoms with Crippen LogP contribution in [-0.2, 0) is 0 Å². The molecule has 5 nitrogen and oxygen atoms in total. The van der Waals surface area contributed by atoms with Crippen LogP contribution >= 0.6 is 0 Å². The first-order chi connectivity index (χ1) is 13.7. The van der Waals surface area contributed by atoms with Crippen molar-refractivity contribution in [2.24, 2.45) is 0 Å². The molecule has 0 amide bonds. The van der Waals surface area contributed by atoms with Crippen molar-refractivity contribution in [1.82, 2.24) is 14.5 Å². The van der Waals surface area contributed by atoms with Crippen LogP contribution in [0.5, 0.6) is 0 Å². The molecule has 28 heavy (non-hydrogen) atoms. The van der Waals surface area contributed by atoms with Crippen molar-refractivity contribution in [3.05, 3.63) is 60.3 Å². The number of hydrogen-bond donors (Lipinski definition) is 1. The molecule has 0 spiro atoms. The van der Waals surface area contributed by atoms with Gasteiger partial charge in [-0.05, 0) is 55.3 Å². The molecule has 2 aromatic carbocycles. The molecule has 1 aliphatic carbocycles. The van der Waals surface area contributed by atoms with Gasteiger partial charge >= 0.3 is 5.97 Å². The van der Waals surface area contributed by atoms with E-state index >= 15 is 0 Å². The quantitative estimate of drug-likeness (QED) is 0.519. The number of benzene rings is 2. The van der Waals surface area contributed by atoms with E-state index in [1.807, 2.05) is 18.2 Å². The Hall–Kier alpha value is -3.21. The van der Waals surface area contributed by atoms with Gasteiger partial charge in [0.2, 0.25) is 0 Å². The van der Waals surface area contributed by atoms with Crippen LogP contribution in [0.25, 0.3) is 33.3 Å². The minimum Gasteiger partial charge on any atom is -0.478 e. The molecular formula is C23H21N3O2. The summed E-state index contributed by atoms with van der Waals surface area (Å²) in [6.07, 6.45) is 7.79. The molecule has 0 unspecified atom stereocenters. The lowest BCUT2D eigenvalue weighted by atomic mass is 9.94. The Bertz CT molecular complexity index is 1190. The van der Waals surface area contributed by atoms with Gasteiger partial charge in [0, 0.05) is 23.2 Å². The first-order valence-corrected chi connectivity index (χ1v) is 9.81. The van der Waals surface area contributed by atoms with Crippen molar-refractivity contribution in [2.75, 3.05) is 0 Å². The summed E-state index contributed by atoms with van der Waals surface area (Å²) in [7, 11) is 0. The van der Waals surface area contributed by atoms with Crippen LogP contribution < -0.4 is 0 Å². The normalized spacial score (nSPS) is 15.3. The predicted molar refractivity (Wildman–Crippen MR) is 110 cm³/mol. The zero-order chi connectivity index (χ0) is 19.1. The highest BCUT2D eigenvalue weighted by atomic mass is 16.4. The minimum atomic E-state index is -0.924. The first kappa shape index (κ1) is 16.9. The third-order valence-electron chi connectivity index (χ3n) is 5.74. The van der Waals surface area contributed by atoms with Crippen LogP contribution in [0.15, 0.2) is 54.7 Å². The summed E-state index contributed by atoms with van der Waals surface area (Å²) in [4.78, 5) is 20.7. The van der Waals surface area contributed by atoms with Crippen LogP contribution in [-0.4, -0.2) is 25.6 Å². The number of pyridine rings is 1. The molecule has 0 atom stereocenters. The van der Waals surface area contributed by atoms with E-state index in [0.717, 1.165) is 46.2 Å². The molecule has 4 aromatic rings. The van der Waals surface area contributed by atoms with Gasteiger partial charge < -0.3 is 9.67 Å². The number of aromatic nitrogens is 3. The lowest BCUT2D eigenvalue weighted by Gasteiger charge is -2.25. The molecule has 0 bridgehead atoms. The fraction of sp³-hybridized carbons (Fsp3) is 0.261. The maximum atomic E-state index is 11.4. The highest BCUT2D eigenvalue weighted by Crippen LogP contribution is 2.36. The van der Waals surface area contributed by atoms with Crippen molar-refractivity contribution in [1.29, 1.82) is 0 Å². The van der Waals surface area contributed by atoms with E-state index in [4.69, 9.17) is 4.98 Å². The summed E-state index contributed by atoms with van der Waals surface area (Å²) >= 11 is 0. The number of carboxylic acid groups (broad SMARTS) is 1. The van der Waals surface area contributed by atoms with E-state index in [1.54, 1.807) is 18.3 Å². The van der Waals surface area contributed by atoms with Gasteiger partial charge in [-0.3, -0.25) is 4.98 Å². The average molecular weight is 371 g/mol. The molecule has 5 heteroatoms. The zero-order valence-corrected chi connectivity index (χ0v) is 15.5. The van der Waals surface area contributed by atoms with Crippen LogP contribution in [0.2, 0.25) is 0 Å². The lowest BCUT2D eigenvalue weighted by molar-refractivity contribution is 0.0697. The van der Waals surface area contributed by atoms with E-state index < -0.39 is 5.97 Å². The molecule has 140 valence electrons. The highest BCUT2D eigenvalue weighted by Gasteiger charge is 2.23. The number of carboxylic acids is 1. The molecule has 1 fully saturated rings. The van der Waals surface area contributed by atoms with Crippen molar-refractivity contribution in [3.8, 4) is 11.4 Å². The topological polar surface area (TPSA) is 68.0 Å². The lowest BCUT2D eigenvalue weighted by Crippen LogP contribution is -2.14. The number of carbonyl (C=O) groups is 1. The van der Waals surface area contributed by atoms with Crippen LogP contribution in [0.4, 0.5) is 0 Å². The summed E-state index contributed by atoms with van der Waals surface area (Å²) in [5.41, 5.74) is 4.03. The van der Waals surface area contributed by atoms with Gasteiger partial charge in [0.15, 0.2) is 0 Å². The number of imidazole rings is 1. The number of nitrogens with zero attached hydrogens (tertiary/aromatic N) is 3. The van der Waals surface area contributed by atoms with Gasteiger partial charge in [-0.1, -0.05) is 25.3 Å². The molecule has 0 aliphatic heterocycles. The number of aromatic carboxylic acids is 1. The summed E-state index contributed by atoms with van der Waals surface area (Å²) in [5, 5.41) is 10.4. The van der Waals surface area contributed by atoms with Gasteiger partial charge in [0.05, 0.1) is 22.1 Å². The van der Waals surface area contributed by atoms with Gasteiger partial charge in [0.25, 0.3) is 0 Å². The Morgan fingerprint density at radius 2 is 1.86 bits per heavy atom. The second-order valence-corrected chi connectivity index (χ2v) is 7.52. The van der Waals surface area contributed by atoms with Crippen LogP contribution in [0.1, 0.15) is 48.5 Å². The molecule has 1 aliphatic rings. The van der Waals surface area contributed by atoms with E-state index in [1.165, 1.54) is 19.3 Å². The van der Waals surface area contributed by atoms with Gasteiger partial charge in [-0.2, -0.15) is 0 Å².